The highest BCUT2D eigenvalue weighted by atomic mass is 32.1. The van der Waals surface area contributed by atoms with E-state index in [9.17, 15) is 36.2 Å². The van der Waals surface area contributed by atoms with E-state index in [1.807, 2.05) is 0 Å². The molecule has 0 aliphatic rings. The molecule has 0 saturated heterocycles. The van der Waals surface area contributed by atoms with Crippen LogP contribution in [-0.2, 0) is 15.7 Å². The summed E-state index contributed by atoms with van der Waals surface area (Å²) in [6.45, 7) is 1.23. The third-order valence-corrected chi connectivity index (χ3v) is 3.85. The number of halogens is 6. The van der Waals surface area contributed by atoms with Crippen molar-refractivity contribution in [3.8, 4) is 0 Å². The van der Waals surface area contributed by atoms with Gasteiger partial charge in [-0.15, -0.1) is 10.2 Å². The van der Waals surface area contributed by atoms with E-state index in [4.69, 9.17) is 0 Å². The van der Waals surface area contributed by atoms with Crippen molar-refractivity contribution in [3.63, 3.8) is 0 Å². The summed E-state index contributed by atoms with van der Waals surface area (Å²) in [4.78, 5) is 15.4. The lowest BCUT2D eigenvalue weighted by atomic mass is 10.1. The molecule has 0 bridgehead atoms. The minimum atomic E-state index is -4.76. The fourth-order valence-corrected chi connectivity index (χ4v) is 2.33. The molecule has 1 heterocycles. The number of nitrogens with zero attached hydrogens (tertiary/aromatic N) is 3. The SMILES string of the molecule is CCOC(=O)C(C=Nc1nnc(C(F)(F)F)s1)=C(O)c1cc(F)c(F)cc1F. The van der Waals surface area contributed by atoms with Gasteiger partial charge in [-0.3, -0.25) is 0 Å². The highest BCUT2D eigenvalue weighted by molar-refractivity contribution is 7.15. The predicted octanol–water partition coefficient (Wildman–Crippen LogP) is 4.21. The van der Waals surface area contributed by atoms with Gasteiger partial charge in [0.25, 0.3) is 0 Å². The molecular weight excluding hydrogens is 416 g/mol. The average molecular weight is 425 g/mol. The molecule has 2 aromatic rings. The number of ether oxygens (including phenoxy) is 1. The Morgan fingerprint density at radius 2 is 1.86 bits per heavy atom. The molecule has 150 valence electrons. The van der Waals surface area contributed by atoms with E-state index in [2.05, 4.69) is 19.9 Å². The normalized spacial score (nSPS) is 13.0. The highest BCUT2D eigenvalue weighted by Crippen LogP contribution is 2.34. The quantitative estimate of drug-likeness (QED) is 0.194. The lowest BCUT2D eigenvalue weighted by Gasteiger charge is -2.08. The van der Waals surface area contributed by atoms with Crippen LogP contribution in [0.5, 0.6) is 0 Å². The number of aliphatic hydroxyl groups excluding tert-OH is 1. The molecule has 0 saturated carbocycles. The maximum Gasteiger partial charge on any atom is 0.445 e. The Balaban J connectivity index is 2.50. The van der Waals surface area contributed by atoms with Crippen molar-refractivity contribution in [2.75, 3.05) is 6.61 Å². The van der Waals surface area contributed by atoms with Gasteiger partial charge in [-0.2, -0.15) is 13.2 Å². The Labute approximate surface area is 156 Å². The first-order valence-electron chi connectivity index (χ1n) is 7.24. The Hall–Kier alpha value is -2.96. The fourth-order valence-electron chi connectivity index (χ4n) is 1.77. The van der Waals surface area contributed by atoms with E-state index in [0.29, 0.717) is 12.3 Å². The van der Waals surface area contributed by atoms with Crippen LogP contribution in [0.15, 0.2) is 22.7 Å². The van der Waals surface area contributed by atoms with E-state index in [1.54, 1.807) is 0 Å². The summed E-state index contributed by atoms with van der Waals surface area (Å²) in [7, 11) is 0. The van der Waals surface area contributed by atoms with Crippen LogP contribution in [0.1, 0.15) is 17.5 Å². The van der Waals surface area contributed by atoms with Gasteiger partial charge in [0.05, 0.1) is 12.2 Å². The van der Waals surface area contributed by atoms with Crippen LogP contribution in [0, 0.1) is 17.5 Å². The second-order valence-corrected chi connectivity index (χ2v) is 5.83. The van der Waals surface area contributed by atoms with Crippen molar-refractivity contribution in [2.24, 2.45) is 4.99 Å². The molecular formula is C15H9F6N3O3S. The van der Waals surface area contributed by atoms with Crippen LogP contribution in [0.4, 0.5) is 31.5 Å². The van der Waals surface area contributed by atoms with Gasteiger partial charge in [0, 0.05) is 12.3 Å². The van der Waals surface area contributed by atoms with Crippen LogP contribution >= 0.6 is 11.3 Å². The molecule has 0 amide bonds. The lowest BCUT2D eigenvalue weighted by molar-refractivity contribution is -0.138. The molecule has 0 aliphatic carbocycles. The van der Waals surface area contributed by atoms with Crippen LogP contribution in [0.25, 0.3) is 5.76 Å². The van der Waals surface area contributed by atoms with Gasteiger partial charge >= 0.3 is 12.1 Å². The maximum atomic E-state index is 13.8. The molecule has 0 radical (unpaired) electrons. The number of aliphatic hydroxyl groups is 1. The number of esters is 1. The molecule has 0 unspecified atom stereocenters. The van der Waals surface area contributed by atoms with Crippen LogP contribution < -0.4 is 0 Å². The fraction of sp³-hybridized carbons (Fsp3) is 0.200. The van der Waals surface area contributed by atoms with Crippen molar-refractivity contribution < 1.29 is 41.0 Å². The van der Waals surface area contributed by atoms with Crippen molar-refractivity contribution in [1.29, 1.82) is 0 Å². The largest absolute Gasteiger partial charge is 0.506 e. The van der Waals surface area contributed by atoms with Crippen molar-refractivity contribution >= 4 is 34.4 Å². The van der Waals surface area contributed by atoms with Gasteiger partial charge in [-0.05, 0) is 13.0 Å². The standard InChI is InChI=1S/C15H9F6N3O3S/c1-2-27-12(26)7(5-22-14-24-23-13(28-14)15(19,20)21)11(25)6-3-9(17)10(18)4-8(6)16/h3-5,25H,2H2,1H3. The van der Waals surface area contributed by atoms with E-state index in [1.165, 1.54) is 6.92 Å². The number of rotatable bonds is 5. The van der Waals surface area contributed by atoms with Crippen molar-refractivity contribution in [1.82, 2.24) is 10.2 Å². The first-order valence-corrected chi connectivity index (χ1v) is 8.06. The molecule has 0 fully saturated rings. The third kappa shape index (κ3) is 4.85. The molecule has 6 nitrogen and oxygen atoms in total. The third-order valence-electron chi connectivity index (χ3n) is 2.98. The van der Waals surface area contributed by atoms with Crippen LogP contribution in [0.3, 0.4) is 0 Å². The summed E-state index contributed by atoms with van der Waals surface area (Å²) in [5.41, 5.74) is -1.71. The maximum absolute atomic E-state index is 13.8. The second kappa shape index (κ2) is 8.37. The number of alkyl halides is 3. The molecule has 28 heavy (non-hydrogen) atoms. The summed E-state index contributed by atoms with van der Waals surface area (Å²) in [5.74, 6) is -6.86. The Bertz CT molecular complexity index is 955. The van der Waals surface area contributed by atoms with Gasteiger partial charge in [0.2, 0.25) is 10.1 Å². The van der Waals surface area contributed by atoms with Gasteiger partial charge in [-0.1, -0.05) is 11.3 Å². The monoisotopic (exact) mass is 425 g/mol. The van der Waals surface area contributed by atoms with Crippen LogP contribution in [0.2, 0.25) is 0 Å². The smallest absolute Gasteiger partial charge is 0.445 e. The van der Waals surface area contributed by atoms with Gasteiger partial charge in [-0.25, -0.2) is 23.0 Å². The zero-order valence-corrected chi connectivity index (χ0v) is 14.5. The molecule has 2 rings (SSSR count). The van der Waals surface area contributed by atoms with E-state index in [0.717, 1.165) is 0 Å². The average Bonchev–Trinajstić information content (AvgIpc) is 3.07. The van der Waals surface area contributed by atoms with E-state index in [-0.39, 0.29) is 24.0 Å². The zero-order chi connectivity index (χ0) is 21.1. The van der Waals surface area contributed by atoms with Crippen molar-refractivity contribution in [2.45, 2.75) is 13.1 Å². The molecule has 0 spiro atoms. The molecule has 0 aliphatic heterocycles. The number of aliphatic imine (C=N–C) groups is 1. The van der Waals surface area contributed by atoms with E-state index < -0.39 is 56.6 Å². The number of carbonyl (C=O) groups excluding carboxylic acids is 1. The first-order chi connectivity index (χ1) is 13.0. The van der Waals surface area contributed by atoms with Crippen molar-refractivity contribution in [3.05, 3.63) is 45.7 Å². The molecule has 1 aromatic heterocycles. The summed E-state index contributed by atoms with van der Waals surface area (Å²) >= 11 is 0.0368. The minimum absolute atomic E-state index is 0.0368. The molecule has 1 aromatic carbocycles. The first kappa shape index (κ1) is 21.3. The number of hydrogen-bond donors (Lipinski definition) is 1. The Kier molecular flexibility index (Phi) is 6.38. The number of benzene rings is 1. The van der Waals surface area contributed by atoms with Gasteiger partial charge < -0.3 is 9.84 Å². The topological polar surface area (TPSA) is 84.7 Å². The predicted molar refractivity (Wildman–Crippen MR) is 85.6 cm³/mol. The summed E-state index contributed by atoms with van der Waals surface area (Å²) in [5, 5.41) is 14.3. The van der Waals surface area contributed by atoms with E-state index >= 15 is 0 Å². The second-order valence-electron chi connectivity index (χ2n) is 4.87. The molecule has 13 heteroatoms. The summed E-state index contributed by atoms with van der Waals surface area (Å²) in [6, 6.07) is 0.431. The lowest BCUT2D eigenvalue weighted by Crippen LogP contribution is -2.12. The Morgan fingerprint density at radius 1 is 1.21 bits per heavy atom. The molecule has 0 atom stereocenters. The van der Waals surface area contributed by atoms with Crippen LogP contribution in [-0.4, -0.2) is 34.1 Å². The summed E-state index contributed by atoms with van der Waals surface area (Å²) < 4.78 is 82.4. The number of hydrogen-bond acceptors (Lipinski definition) is 7. The minimum Gasteiger partial charge on any atom is -0.506 e. The number of carbonyl (C=O) groups is 1. The zero-order valence-electron chi connectivity index (χ0n) is 13.7. The highest BCUT2D eigenvalue weighted by Gasteiger charge is 2.35. The number of aromatic nitrogens is 2. The van der Waals surface area contributed by atoms with Gasteiger partial charge in [0.15, 0.2) is 11.6 Å². The summed E-state index contributed by atoms with van der Waals surface area (Å²) in [6.07, 6.45) is -4.21. The molecule has 1 N–H and O–H groups in total. The Morgan fingerprint density at radius 3 is 2.43 bits per heavy atom. The van der Waals surface area contributed by atoms with Gasteiger partial charge in [0.1, 0.15) is 17.1 Å².